The highest BCUT2D eigenvalue weighted by Crippen LogP contribution is 2.35. The highest BCUT2D eigenvalue weighted by atomic mass is 16.5. The maximum Gasteiger partial charge on any atom is 0.238 e. The second-order valence-corrected chi connectivity index (χ2v) is 6.58. The molecule has 144 valence electrons. The first kappa shape index (κ1) is 18.2. The van der Waals surface area contributed by atoms with Crippen LogP contribution in [0.4, 0.5) is 5.69 Å². The van der Waals surface area contributed by atoms with Gasteiger partial charge in [0.05, 0.1) is 0 Å². The molecule has 4 rings (SSSR count). The molecule has 0 aromatic heterocycles. The normalized spacial score (nSPS) is 24.3. The van der Waals surface area contributed by atoms with Gasteiger partial charge in [0.2, 0.25) is 5.96 Å². The molecule has 0 aliphatic carbocycles. The fourth-order valence-electron chi connectivity index (χ4n) is 3.39. The molecule has 0 amide bonds. The molecule has 0 spiro atoms. The molecule has 2 aromatic carbocycles. The molecule has 2 aromatic rings. The van der Waals surface area contributed by atoms with Gasteiger partial charge in [-0.05, 0) is 30.7 Å². The van der Waals surface area contributed by atoms with Gasteiger partial charge in [-0.1, -0.05) is 43.0 Å². The van der Waals surface area contributed by atoms with Crippen molar-refractivity contribution in [3.63, 3.8) is 0 Å². The first-order valence-electron chi connectivity index (χ1n) is 9.45. The molecule has 3 unspecified atom stereocenters. The number of guanidine groups is 1. The summed E-state index contributed by atoms with van der Waals surface area (Å²) < 4.78 is 5.59. The maximum atomic E-state index is 5.59. The van der Waals surface area contributed by atoms with E-state index in [1.807, 2.05) is 31.2 Å². The number of hydrogen-bond donors (Lipinski definition) is 3. The minimum atomic E-state index is -0.139. The Bertz CT molecular complexity index is 892. The lowest BCUT2D eigenvalue weighted by atomic mass is 10.0. The van der Waals surface area contributed by atoms with Crippen LogP contribution in [0.2, 0.25) is 0 Å². The van der Waals surface area contributed by atoms with Crippen LogP contribution in [0, 0.1) is 0 Å². The number of aliphatic imine (C=N–C) groups is 1. The number of nitrogens with zero attached hydrogens (tertiary/aromatic N) is 3. The summed E-state index contributed by atoms with van der Waals surface area (Å²) in [5, 5.41) is 19.4. The lowest BCUT2D eigenvalue weighted by Crippen LogP contribution is -2.51. The predicted molar refractivity (Wildman–Crippen MR) is 111 cm³/mol. The Labute approximate surface area is 164 Å². The molecule has 7 heteroatoms. The van der Waals surface area contributed by atoms with Crippen molar-refractivity contribution in [2.24, 2.45) is 15.2 Å². The molecule has 0 saturated carbocycles. The minimum absolute atomic E-state index is 0.103. The van der Waals surface area contributed by atoms with Gasteiger partial charge in [-0.15, -0.1) is 5.11 Å². The number of ether oxygens (including phenoxy) is 1. The van der Waals surface area contributed by atoms with Crippen LogP contribution in [0.5, 0.6) is 5.75 Å². The third kappa shape index (κ3) is 3.75. The van der Waals surface area contributed by atoms with E-state index < -0.39 is 0 Å². The van der Waals surface area contributed by atoms with Crippen LogP contribution in [0.1, 0.15) is 30.3 Å². The Morgan fingerprint density at radius 2 is 1.96 bits per heavy atom. The number of anilines is 1. The Kier molecular flexibility index (Phi) is 5.34. The molecule has 7 nitrogen and oxygen atoms in total. The topological polar surface area (TPSA) is 82.4 Å². The molecule has 0 radical (unpaired) electrons. The van der Waals surface area contributed by atoms with Crippen LogP contribution >= 0.6 is 0 Å². The monoisotopic (exact) mass is 376 g/mol. The molecule has 28 heavy (non-hydrogen) atoms. The van der Waals surface area contributed by atoms with Gasteiger partial charge in [0.15, 0.2) is 0 Å². The van der Waals surface area contributed by atoms with Gasteiger partial charge in [-0.3, -0.25) is 10.3 Å². The van der Waals surface area contributed by atoms with Crippen LogP contribution in [0.25, 0.3) is 0 Å². The summed E-state index contributed by atoms with van der Waals surface area (Å²) in [6, 6.07) is 16.1. The SMILES string of the molecule is C=CCOc1ccc(C2Nc3ccccc3C3N=NC(=NCC)NC3N2)cc1. The van der Waals surface area contributed by atoms with Crippen molar-refractivity contribution in [1.29, 1.82) is 0 Å². The zero-order valence-corrected chi connectivity index (χ0v) is 15.8. The van der Waals surface area contributed by atoms with Gasteiger partial charge in [0.25, 0.3) is 0 Å². The first-order valence-corrected chi connectivity index (χ1v) is 9.45. The lowest BCUT2D eigenvalue weighted by molar-refractivity contribution is 0.361. The number of benzene rings is 2. The number of fused-ring (bicyclic) bond motifs is 3. The van der Waals surface area contributed by atoms with E-state index in [9.17, 15) is 0 Å². The predicted octanol–water partition coefficient (Wildman–Crippen LogP) is 3.76. The summed E-state index contributed by atoms with van der Waals surface area (Å²) in [4.78, 5) is 4.36. The van der Waals surface area contributed by atoms with E-state index in [0.29, 0.717) is 19.1 Å². The van der Waals surface area contributed by atoms with Gasteiger partial charge in [0, 0.05) is 17.8 Å². The summed E-state index contributed by atoms with van der Waals surface area (Å²) >= 11 is 0. The van der Waals surface area contributed by atoms with Crippen LogP contribution in [-0.2, 0) is 0 Å². The largest absolute Gasteiger partial charge is 0.490 e. The Morgan fingerprint density at radius 1 is 1.14 bits per heavy atom. The zero-order valence-electron chi connectivity index (χ0n) is 15.8. The third-order valence-corrected chi connectivity index (χ3v) is 4.69. The number of rotatable bonds is 5. The van der Waals surface area contributed by atoms with Crippen LogP contribution in [0.15, 0.2) is 76.4 Å². The van der Waals surface area contributed by atoms with Crippen molar-refractivity contribution in [3.8, 4) is 5.75 Å². The number of nitrogens with one attached hydrogen (secondary N) is 3. The van der Waals surface area contributed by atoms with Gasteiger partial charge in [0.1, 0.15) is 30.7 Å². The summed E-state index contributed by atoms with van der Waals surface area (Å²) in [5.41, 5.74) is 3.23. The summed E-state index contributed by atoms with van der Waals surface area (Å²) in [5.74, 6) is 1.38. The fourth-order valence-corrected chi connectivity index (χ4v) is 3.39. The minimum Gasteiger partial charge on any atom is -0.490 e. The summed E-state index contributed by atoms with van der Waals surface area (Å²) in [6.07, 6.45) is 1.51. The second kappa shape index (κ2) is 8.22. The smallest absolute Gasteiger partial charge is 0.238 e. The average Bonchev–Trinajstić information content (AvgIpc) is 2.89. The summed E-state index contributed by atoms with van der Waals surface area (Å²) in [6.45, 7) is 6.80. The summed E-state index contributed by atoms with van der Waals surface area (Å²) in [7, 11) is 0. The van der Waals surface area contributed by atoms with E-state index >= 15 is 0 Å². The molecule has 0 saturated heterocycles. The second-order valence-electron chi connectivity index (χ2n) is 6.58. The van der Waals surface area contributed by atoms with E-state index in [-0.39, 0.29) is 18.4 Å². The van der Waals surface area contributed by atoms with Crippen LogP contribution < -0.4 is 20.7 Å². The van der Waals surface area contributed by atoms with Crippen molar-refractivity contribution in [2.45, 2.75) is 25.3 Å². The molecule has 0 fully saturated rings. The van der Waals surface area contributed by atoms with Gasteiger partial charge >= 0.3 is 0 Å². The Morgan fingerprint density at radius 3 is 2.75 bits per heavy atom. The molecule has 3 atom stereocenters. The quantitative estimate of drug-likeness (QED) is 0.694. The molecule has 2 heterocycles. The Balaban J connectivity index is 1.64. The number of hydrogen-bond acceptors (Lipinski definition) is 5. The lowest BCUT2D eigenvalue weighted by Gasteiger charge is -2.29. The Hall–Kier alpha value is -3.19. The van der Waals surface area contributed by atoms with Crippen LogP contribution in [0.3, 0.4) is 0 Å². The maximum absolute atomic E-state index is 5.59. The standard InChI is InChI=1S/C21H24N6O/c1-3-13-28-15-11-9-14(10-12-15)19-23-17-8-6-5-7-16(17)18-20(24-19)25-21(22-4-2)27-26-18/h3,5-12,18-20,23-24H,1,4,13H2,2H3,(H,22,25). The van der Waals surface area contributed by atoms with Crippen molar-refractivity contribution in [1.82, 2.24) is 10.6 Å². The van der Waals surface area contributed by atoms with Gasteiger partial charge in [-0.2, -0.15) is 5.11 Å². The molecular weight excluding hydrogens is 352 g/mol. The number of azo groups is 1. The van der Waals surface area contributed by atoms with Crippen molar-refractivity contribution in [3.05, 3.63) is 72.3 Å². The fraction of sp³-hybridized carbons (Fsp3) is 0.286. The van der Waals surface area contributed by atoms with Crippen molar-refractivity contribution < 1.29 is 4.74 Å². The highest BCUT2D eigenvalue weighted by Gasteiger charge is 2.34. The van der Waals surface area contributed by atoms with E-state index in [1.165, 1.54) is 0 Å². The molecular formula is C21H24N6O. The van der Waals surface area contributed by atoms with Gasteiger partial charge < -0.3 is 15.4 Å². The molecule has 2 aliphatic rings. The third-order valence-electron chi connectivity index (χ3n) is 4.69. The van der Waals surface area contributed by atoms with E-state index in [0.717, 1.165) is 22.6 Å². The molecule has 3 N–H and O–H groups in total. The van der Waals surface area contributed by atoms with E-state index in [2.05, 4.69) is 62.0 Å². The van der Waals surface area contributed by atoms with Gasteiger partial charge in [-0.25, -0.2) is 0 Å². The van der Waals surface area contributed by atoms with E-state index in [1.54, 1.807) is 6.08 Å². The average molecular weight is 376 g/mol. The van der Waals surface area contributed by atoms with Crippen molar-refractivity contribution in [2.75, 3.05) is 18.5 Å². The van der Waals surface area contributed by atoms with E-state index in [4.69, 9.17) is 4.74 Å². The van der Waals surface area contributed by atoms with Crippen molar-refractivity contribution >= 4 is 11.6 Å². The zero-order chi connectivity index (χ0) is 19.3. The van der Waals surface area contributed by atoms with Crippen LogP contribution in [-0.4, -0.2) is 25.3 Å². The molecule has 0 bridgehead atoms. The highest BCUT2D eigenvalue weighted by molar-refractivity contribution is 5.81. The molecule has 2 aliphatic heterocycles. The first-order chi connectivity index (χ1) is 13.8. The number of para-hydroxylation sites is 1.